The summed E-state index contributed by atoms with van der Waals surface area (Å²) < 4.78 is 20.4. The Hall–Kier alpha value is -4.28. The summed E-state index contributed by atoms with van der Waals surface area (Å²) in [6.07, 6.45) is 0. The van der Waals surface area contributed by atoms with Crippen LogP contribution in [0.2, 0.25) is 0 Å². The highest BCUT2D eigenvalue weighted by atomic mass is 19.1. The van der Waals surface area contributed by atoms with Gasteiger partial charge in [-0.15, -0.1) is 0 Å². The Morgan fingerprint density at radius 1 is 0.943 bits per heavy atom. The van der Waals surface area contributed by atoms with Crippen LogP contribution in [0.5, 0.6) is 5.75 Å². The Labute approximate surface area is 199 Å². The Kier molecular flexibility index (Phi) is 6.76. The van der Waals surface area contributed by atoms with E-state index in [9.17, 15) is 23.6 Å². The van der Waals surface area contributed by atoms with Gasteiger partial charge in [-0.25, -0.2) is 9.18 Å². The molecule has 1 aliphatic heterocycles. The summed E-state index contributed by atoms with van der Waals surface area (Å²) in [6, 6.07) is 11.8. The largest absolute Gasteiger partial charge is 0.497 e. The van der Waals surface area contributed by atoms with Crippen LogP contribution in [0.15, 0.2) is 58.1 Å². The molecule has 0 bridgehead atoms. The molecule has 11 heteroatoms. The molecule has 1 saturated heterocycles. The van der Waals surface area contributed by atoms with Gasteiger partial charge in [0.05, 0.1) is 19.3 Å². The first-order chi connectivity index (χ1) is 16.8. The van der Waals surface area contributed by atoms with Gasteiger partial charge in [-0.2, -0.15) is 9.78 Å². The summed E-state index contributed by atoms with van der Waals surface area (Å²) in [5, 5.41) is 4.14. The maximum atomic E-state index is 13.4. The van der Waals surface area contributed by atoms with Gasteiger partial charge in [-0.1, -0.05) is 12.1 Å². The average molecular weight is 481 g/mol. The molecular weight excluding hydrogens is 457 g/mol. The fraction of sp³-hybridized carbons (Fsp3) is 0.292. The lowest BCUT2D eigenvalue weighted by Crippen LogP contribution is -2.52. The van der Waals surface area contributed by atoms with E-state index in [1.165, 1.54) is 43.2 Å². The number of piperazine rings is 1. The Morgan fingerprint density at radius 3 is 2.11 bits per heavy atom. The van der Waals surface area contributed by atoms with E-state index in [0.717, 1.165) is 9.25 Å². The van der Waals surface area contributed by atoms with Gasteiger partial charge in [0.1, 0.15) is 11.6 Å². The van der Waals surface area contributed by atoms with Crippen molar-refractivity contribution in [2.24, 2.45) is 0 Å². The van der Waals surface area contributed by atoms with Crippen molar-refractivity contribution in [1.29, 1.82) is 0 Å². The van der Waals surface area contributed by atoms with Crippen LogP contribution in [0.4, 0.5) is 4.39 Å². The van der Waals surface area contributed by atoms with Gasteiger partial charge < -0.3 is 14.5 Å². The molecule has 0 atom stereocenters. The highest BCUT2D eigenvalue weighted by molar-refractivity contribution is 5.92. The molecule has 0 unspecified atom stereocenters. The van der Waals surface area contributed by atoms with Gasteiger partial charge in [-0.05, 0) is 42.0 Å². The quantitative estimate of drug-likeness (QED) is 0.536. The van der Waals surface area contributed by atoms with Crippen molar-refractivity contribution in [3.05, 3.63) is 86.4 Å². The van der Waals surface area contributed by atoms with Crippen LogP contribution in [0.25, 0.3) is 5.69 Å². The SMILES string of the molecule is COc1ccc(-n2nc(C(=O)N3CCN(C(C)=O)CC3)c(=O)n(Cc3ccc(F)cc3)c2=O)cc1. The molecule has 1 fully saturated rings. The molecule has 2 amide bonds. The summed E-state index contributed by atoms with van der Waals surface area (Å²) in [6.45, 7) is 2.43. The van der Waals surface area contributed by atoms with E-state index in [1.807, 2.05) is 0 Å². The molecule has 0 radical (unpaired) electrons. The molecule has 0 spiro atoms. The normalized spacial score (nSPS) is 13.6. The predicted octanol–water partition coefficient (Wildman–Crippen LogP) is 0.894. The van der Waals surface area contributed by atoms with Gasteiger partial charge >= 0.3 is 5.69 Å². The van der Waals surface area contributed by atoms with Gasteiger partial charge in [0, 0.05) is 33.1 Å². The summed E-state index contributed by atoms with van der Waals surface area (Å²) >= 11 is 0. The third kappa shape index (κ3) is 4.98. The summed E-state index contributed by atoms with van der Waals surface area (Å²) in [5.41, 5.74) is -1.17. The van der Waals surface area contributed by atoms with Crippen molar-refractivity contribution in [3.63, 3.8) is 0 Å². The lowest BCUT2D eigenvalue weighted by Gasteiger charge is -2.33. The first-order valence-electron chi connectivity index (χ1n) is 11.0. The summed E-state index contributed by atoms with van der Waals surface area (Å²) in [4.78, 5) is 54.5. The van der Waals surface area contributed by atoms with Crippen molar-refractivity contribution in [3.8, 4) is 11.4 Å². The Balaban J connectivity index is 1.78. The van der Waals surface area contributed by atoms with Crippen LogP contribution < -0.4 is 16.0 Å². The first-order valence-corrected chi connectivity index (χ1v) is 11.0. The molecule has 1 aromatic heterocycles. The molecule has 2 aromatic carbocycles. The van der Waals surface area contributed by atoms with Gasteiger partial charge in [-0.3, -0.25) is 19.0 Å². The van der Waals surface area contributed by atoms with Gasteiger partial charge in [0.25, 0.3) is 11.5 Å². The number of carbonyl (C=O) groups excluding carboxylic acids is 2. The van der Waals surface area contributed by atoms with Crippen LogP contribution in [0.1, 0.15) is 23.0 Å². The number of halogens is 1. The van der Waals surface area contributed by atoms with Crippen molar-refractivity contribution in [2.45, 2.75) is 13.5 Å². The lowest BCUT2D eigenvalue weighted by molar-refractivity contribution is -0.130. The maximum absolute atomic E-state index is 13.4. The van der Waals surface area contributed by atoms with E-state index in [2.05, 4.69) is 5.10 Å². The number of ether oxygens (including phenoxy) is 1. The topological polar surface area (TPSA) is 107 Å². The van der Waals surface area contributed by atoms with Crippen LogP contribution in [-0.2, 0) is 11.3 Å². The number of nitrogens with zero attached hydrogens (tertiary/aromatic N) is 5. The minimum Gasteiger partial charge on any atom is -0.497 e. The number of methoxy groups -OCH3 is 1. The van der Waals surface area contributed by atoms with E-state index < -0.39 is 28.7 Å². The highest BCUT2D eigenvalue weighted by Crippen LogP contribution is 2.13. The Bertz CT molecular complexity index is 1360. The van der Waals surface area contributed by atoms with E-state index >= 15 is 0 Å². The molecule has 182 valence electrons. The molecule has 0 aliphatic carbocycles. The predicted molar refractivity (Wildman–Crippen MR) is 124 cm³/mol. The van der Waals surface area contributed by atoms with Crippen molar-refractivity contribution in [1.82, 2.24) is 24.1 Å². The molecule has 0 saturated carbocycles. The third-order valence-corrected chi connectivity index (χ3v) is 5.85. The minimum atomic E-state index is -0.844. The molecule has 35 heavy (non-hydrogen) atoms. The van der Waals surface area contributed by atoms with E-state index in [-0.39, 0.29) is 25.5 Å². The molecule has 2 heterocycles. The second kappa shape index (κ2) is 9.92. The number of rotatable bonds is 5. The third-order valence-electron chi connectivity index (χ3n) is 5.85. The lowest BCUT2D eigenvalue weighted by atomic mass is 10.2. The molecule has 10 nitrogen and oxygen atoms in total. The molecular formula is C24H24FN5O5. The standard InChI is InChI=1S/C24H24FN5O5/c1-16(31)27-11-13-28(14-12-27)22(32)21-23(33)29(15-17-3-5-18(25)6-4-17)24(34)30(26-21)19-7-9-20(35-2)10-8-19/h3-10H,11-15H2,1-2H3. The maximum Gasteiger partial charge on any atom is 0.352 e. The fourth-order valence-corrected chi connectivity index (χ4v) is 3.83. The molecule has 3 aromatic rings. The number of aromatic nitrogens is 3. The number of amides is 2. The van der Waals surface area contributed by atoms with E-state index in [4.69, 9.17) is 4.74 Å². The number of hydrogen-bond acceptors (Lipinski definition) is 6. The number of carbonyl (C=O) groups is 2. The van der Waals surface area contributed by atoms with Crippen LogP contribution in [0.3, 0.4) is 0 Å². The van der Waals surface area contributed by atoms with Crippen LogP contribution >= 0.6 is 0 Å². The van der Waals surface area contributed by atoms with Crippen LogP contribution in [0, 0.1) is 5.82 Å². The zero-order valence-corrected chi connectivity index (χ0v) is 19.3. The second-order valence-electron chi connectivity index (χ2n) is 8.06. The number of hydrogen-bond donors (Lipinski definition) is 0. The van der Waals surface area contributed by atoms with Crippen molar-refractivity contribution < 1.29 is 18.7 Å². The smallest absolute Gasteiger partial charge is 0.352 e. The minimum absolute atomic E-state index is 0.0927. The molecule has 0 N–H and O–H groups in total. The van der Waals surface area contributed by atoms with E-state index in [1.54, 1.807) is 29.2 Å². The van der Waals surface area contributed by atoms with Crippen molar-refractivity contribution in [2.75, 3.05) is 33.3 Å². The monoisotopic (exact) mass is 481 g/mol. The van der Waals surface area contributed by atoms with Gasteiger partial charge in [0.2, 0.25) is 11.6 Å². The molecule has 4 rings (SSSR count). The highest BCUT2D eigenvalue weighted by Gasteiger charge is 2.28. The molecule has 1 aliphatic rings. The van der Waals surface area contributed by atoms with E-state index in [0.29, 0.717) is 30.1 Å². The number of benzene rings is 2. The average Bonchev–Trinajstić information content (AvgIpc) is 2.87. The van der Waals surface area contributed by atoms with Crippen LogP contribution in [-0.4, -0.2) is 69.3 Å². The summed E-state index contributed by atoms with van der Waals surface area (Å²) in [7, 11) is 1.50. The summed E-state index contributed by atoms with van der Waals surface area (Å²) in [5.74, 6) is -0.619. The van der Waals surface area contributed by atoms with Crippen molar-refractivity contribution >= 4 is 11.8 Å². The van der Waals surface area contributed by atoms with Gasteiger partial charge in [0.15, 0.2) is 0 Å². The zero-order valence-electron chi connectivity index (χ0n) is 19.3. The zero-order chi connectivity index (χ0) is 25.1. The second-order valence-corrected chi connectivity index (χ2v) is 8.06. The Morgan fingerprint density at radius 2 is 1.54 bits per heavy atom. The first kappa shape index (κ1) is 23.9. The fourth-order valence-electron chi connectivity index (χ4n) is 3.83.